The highest BCUT2D eigenvalue weighted by molar-refractivity contribution is 4.73. The number of hydrogen-bond acceptors (Lipinski definition) is 3. The zero-order valence-corrected chi connectivity index (χ0v) is 7.38. The summed E-state index contributed by atoms with van der Waals surface area (Å²) in [7, 11) is 0. The Labute approximate surface area is 73.7 Å². The normalized spacial score (nSPS) is 23.4. The molecule has 1 rings (SSSR count). The van der Waals surface area contributed by atoms with E-state index in [1.807, 2.05) is 0 Å². The molecule has 1 aliphatic rings. The summed E-state index contributed by atoms with van der Waals surface area (Å²) in [5.74, 6) is 0. The molecule has 1 fully saturated rings. The molecule has 3 nitrogen and oxygen atoms in total. The van der Waals surface area contributed by atoms with Gasteiger partial charge in [-0.25, -0.2) is 0 Å². The van der Waals surface area contributed by atoms with Crippen molar-refractivity contribution in [3.05, 3.63) is 0 Å². The van der Waals surface area contributed by atoms with E-state index < -0.39 is 0 Å². The van der Waals surface area contributed by atoms with Crippen LogP contribution in [0.1, 0.15) is 25.7 Å². The molecular weight excluding hydrogens is 152 g/mol. The third kappa shape index (κ3) is 3.70. The van der Waals surface area contributed by atoms with E-state index in [4.69, 9.17) is 10.00 Å². The van der Waals surface area contributed by atoms with E-state index >= 15 is 0 Å². The molecule has 1 aliphatic heterocycles. The van der Waals surface area contributed by atoms with Gasteiger partial charge in [-0.2, -0.15) is 5.26 Å². The Kier molecular flexibility index (Phi) is 4.74. The zero-order valence-electron chi connectivity index (χ0n) is 7.38. The van der Waals surface area contributed by atoms with E-state index in [0.29, 0.717) is 12.6 Å². The molecule has 1 saturated heterocycles. The standard InChI is InChI=1S/C9H16N2O/c10-5-7-11-6-4-9-3-1-2-8-12-9/h9,11H,1-4,6-8H2. The van der Waals surface area contributed by atoms with Gasteiger partial charge < -0.3 is 10.1 Å². The highest BCUT2D eigenvalue weighted by Crippen LogP contribution is 2.14. The molecule has 1 atom stereocenters. The van der Waals surface area contributed by atoms with Gasteiger partial charge in [0.15, 0.2) is 0 Å². The third-order valence-corrected chi connectivity index (χ3v) is 2.12. The van der Waals surface area contributed by atoms with Gasteiger partial charge in [-0.3, -0.25) is 0 Å². The van der Waals surface area contributed by atoms with Crippen molar-refractivity contribution < 1.29 is 4.74 Å². The average Bonchev–Trinajstić information content (AvgIpc) is 2.14. The molecule has 1 unspecified atom stereocenters. The number of rotatable bonds is 4. The molecule has 1 N–H and O–H groups in total. The Morgan fingerprint density at radius 2 is 2.42 bits per heavy atom. The van der Waals surface area contributed by atoms with Crippen molar-refractivity contribution in [3.8, 4) is 6.07 Å². The summed E-state index contributed by atoms with van der Waals surface area (Å²) >= 11 is 0. The van der Waals surface area contributed by atoms with Crippen molar-refractivity contribution in [2.24, 2.45) is 0 Å². The van der Waals surface area contributed by atoms with E-state index in [2.05, 4.69) is 11.4 Å². The highest BCUT2D eigenvalue weighted by atomic mass is 16.5. The molecule has 0 aromatic rings. The Balaban J connectivity index is 1.95. The van der Waals surface area contributed by atoms with Gasteiger partial charge in [-0.1, -0.05) is 0 Å². The van der Waals surface area contributed by atoms with Gasteiger partial charge in [-0.15, -0.1) is 0 Å². The van der Waals surface area contributed by atoms with E-state index in [0.717, 1.165) is 19.6 Å². The zero-order chi connectivity index (χ0) is 8.65. The molecule has 12 heavy (non-hydrogen) atoms. The maximum Gasteiger partial charge on any atom is 0.0840 e. The van der Waals surface area contributed by atoms with Gasteiger partial charge in [0.05, 0.1) is 18.7 Å². The molecule has 0 saturated carbocycles. The number of nitrogens with zero attached hydrogens (tertiary/aromatic N) is 1. The SMILES string of the molecule is N#CCNCCC1CCCCO1. The van der Waals surface area contributed by atoms with E-state index in [1.165, 1.54) is 19.3 Å². The maximum atomic E-state index is 8.26. The van der Waals surface area contributed by atoms with Crippen molar-refractivity contribution in [2.75, 3.05) is 19.7 Å². The number of hydrogen-bond donors (Lipinski definition) is 1. The van der Waals surface area contributed by atoms with Crippen LogP contribution in [0.4, 0.5) is 0 Å². The second kappa shape index (κ2) is 5.99. The summed E-state index contributed by atoms with van der Waals surface area (Å²) in [4.78, 5) is 0. The lowest BCUT2D eigenvalue weighted by molar-refractivity contribution is 0.0117. The lowest BCUT2D eigenvalue weighted by atomic mass is 10.1. The van der Waals surface area contributed by atoms with Crippen LogP contribution in [-0.4, -0.2) is 25.8 Å². The van der Waals surface area contributed by atoms with Crippen LogP contribution in [-0.2, 0) is 4.74 Å². The summed E-state index contributed by atoms with van der Waals surface area (Å²) in [5.41, 5.74) is 0. The van der Waals surface area contributed by atoms with Crippen molar-refractivity contribution in [1.29, 1.82) is 5.26 Å². The lowest BCUT2D eigenvalue weighted by Gasteiger charge is -2.22. The second-order valence-electron chi connectivity index (χ2n) is 3.11. The molecule has 68 valence electrons. The Hall–Kier alpha value is -0.590. The minimum atomic E-state index is 0.435. The second-order valence-corrected chi connectivity index (χ2v) is 3.11. The molecular formula is C9H16N2O. The van der Waals surface area contributed by atoms with Crippen molar-refractivity contribution in [2.45, 2.75) is 31.8 Å². The smallest absolute Gasteiger partial charge is 0.0840 e. The first-order chi connectivity index (χ1) is 5.93. The highest BCUT2D eigenvalue weighted by Gasteiger charge is 2.12. The molecule has 1 heterocycles. The van der Waals surface area contributed by atoms with Crippen molar-refractivity contribution in [3.63, 3.8) is 0 Å². The third-order valence-electron chi connectivity index (χ3n) is 2.12. The average molecular weight is 168 g/mol. The van der Waals surface area contributed by atoms with Gasteiger partial charge in [0.1, 0.15) is 0 Å². The van der Waals surface area contributed by atoms with E-state index in [1.54, 1.807) is 0 Å². The van der Waals surface area contributed by atoms with Gasteiger partial charge in [0, 0.05) is 6.61 Å². The number of nitriles is 1. The van der Waals surface area contributed by atoms with Crippen molar-refractivity contribution >= 4 is 0 Å². The molecule has 0 amide bonds. The fraction of sp³-hybridized carbons (Fsp3) is 0.889. The Bertz CT molecular complexity index is 147. The summed E-state index contributed by atoms with van der Waals surface area (Å²) in [6.45, 7) is 2.27. The van der Waals surface area contributed by atoms with E-state index in [9.17, 15) is 0 Å². The minimum Gasteiger partial charge on any atom is -0.378 e. The topological polar surface area (TPSA) is 45.0 Å². The van der Waals surface area contributed by atoms with Crippen LogP contribution < -0.4 is 5.32 Å². The van der Waals surface area contributed by atoms with Gasteiger partial charge in [-0.05, 0) is 32.2 Å². The first-order valence-corrected chi connectivity index (χ1v) is 4.63. The molecule has 0 aromatic carbocycles. The van der Waals surface area contributed by atoms with Crippen LogP contribution in [0.15, 0.2) is 0 Å². The van der Waals surface area contributed by atoms with Gasteiger partial charge in [0.2, 0.25) is 0 Å². The number of ether oxygens (including phenoxy) is 1. The summed E-state index contributed by atoms with van der Waals surface area (Å²) < 4.78 is 5.54. The lowest BCUT2D eigenvalue weighted by Crippen LogP contribution is -2.25. The van der Waals surface area contributed by atoms with Crippen LogP contribution in [0, 0.1) is 11.3 Å². The summed E-state index contributed by atoms with van der Waals surface area (Å²) in [6, 6.07) is 2.05. The van der Waals surface area contributed by atoms with E-state index in [-0.39, 0.29) is 0 Å². The predicted octanol–water partition coefficient (Wildman–Crippen LogP) is 1.06. The molecule has 0 aromatic heterocycles. The van der Waals surface area contributed by atoms with Crippen LogP contribution in [0.25, 0.3) is 0 Å². The Morgan fingerprint density at radius 3 is 3.08 bits per heavy atom. The van der Waals surface area contributed by atoms with Gasteiger partial charge >= 0.3 is 0 Å². The monoisotopic (exact) mass is 168 g/mol. The fourth-order valence-corrected chi connectivity index (χ4v) is 1.44. The quantitative estimate of drug-likeness (QED) is 0.504. The first-order valence-electron chi connectivity index (χ1n) is 4.63. The minimum absolute atomic E-state index is 0.435. The summed E-state index contributed by atoms with van der Waals surface area (Å²) in [6.07, 6.45) is 5.17. The molecule has 0 radical (unpaired) electrons. The number of nitrogens with one attached hydrogen (secondary N) is 1. The largest absolute Gasteiger partial charge is 0.378 e. The van der Waals surface area contributed by atoms with Crippen LogP contribution in [0.5, 0.6) is 0 Å². The van der Waals surface area contributed by atoms with Gasteiger partial charge in [0.25, 0.3) is 0 Å². The fourth-order valence-electron chi connectivity index (χ4n) is 1.44. The Morgan fingerprint density at radius 1 is 1.50 bits per heavy atom. The van der Waals surface area contributed by atoms with Crippen LogP contribution in [0.2, 0.25) is 0 Å². The van der Waals surface area contributed by atoms with Crippen molar-refractivity contribution in [1.82, 2.24) is 5.32 Å². The molecule has 0 aliphatic carbocycles. The molecule has 3 heteroatoms. The molecule has 0 spiro atoms. The van der Waals surface area contributed by atoms with Crippen LogP contribution >= 0.6 is 0 Å². The maximum absolute atomic E-state index is 8.26. The predicted molar refractivity (Wildman–Crippen MR) is 46.7 cm³/mol. The molecule has 0 bridgehead atoms. The van der Waals surface area contributed by atoms with Crippen LogP contribution in [0.3, 0.4) is 0 Å². The summed E-state index contributed by atoms with van der Waals surface area (Å²) in [5, 5.41) is 11.3. The first kappa shape index (κ1) is 9.50.